The van der Waals surface area contributed by atoms with Crippen LogP contribution in [0.2, 0.25) is 0 Å². The first kappa shape index (κ1) is 25.9. The van der Waals surface area contributed by atoms with Crippen molar-refractivity contribution >= 4 is 11.9 Å². The van der Waals surface area contributed by atoms with Gasteiger partial charge < -0.3 is 25.1 Å². The summed E-state index contributed by atoms with van der Waals surface area (Å²) in [7, 11) is 0. The van der Waals surface area contributed by atoms with Crippen molar-refractivity contribution in [3.8, 4) is 28.7 Å². The van der Waals surface area contributed by atoms with Gasteiger partial charge in [-0.25, -0.2) is 19.3 Å². The SMILES string of the molecule is N#CCNC(=O)C1COC(Cc2nc(-c3ccc(F)cc3)c(-c3ccnc(NCc4ccncc4)n3)[nH]2)OC1. The van der Waals surface area contributed by atoms with E-state index < -0.39 is 12.2 Å². The van der Waals surface area contributed by atoms with E-state index in [0.717, 1.165) is 5.56 Å². The lowest BCUT2D eigenvalue weighted by atomic mass is 10.1. The van der Waals surface area contributed by atoms with E-state index >= 15 is 0 Å². The molecule has 0 unspecified atom stereocenters. The number of pyridine rings is 1. The molecule has 12 heteroatoms. The van der Waals surface area contributed by atoms with Crippen molar-refractivity contribution in [2.75, 3.05) is 25.1 Å². The minimum absolute atomic E-state index is 0.0654. The monoisotopic (exact) mass is 528 g/mol. The second kappa shape index (κ2) is 12.2. The van der Waals surface area contributed by atoms with Crippen LogP contribution in [0.25, 0.3) is 22.6 Å². The fraction of sp³-hybridized carbons (Fsp3) is 0.259. The number of imidazole rings is 1. The molecule has 3 aromatic heterocycles. The Balaban J connectivity index is 1.34. The van der Waals surface area contributed by atoms with Crippen LogP contribution in [0.3, 0.4) is 0 Å². The van der Waals surface area contributed by atoms with Crippen molar-refractivity contribution in [1.82, 2.24) is 30.2 Å². The Kier molecular flexibility index (Phi) is 8.11. The maximum Gasteiger partial charge on any atom is 0.228 e. The molecular formula is C27H25FN8O3. The molecule has 1 aromatic carbocycles. The molecule has 1 saturated heterocycles. The van der Waals surface area contributed by atoms with Crippen LogP contribution < -0.4 is 10.6 Å². The second-order valence-electron chi connectivity index (χ2n) is 8.76. The number of rotatable bonds is 9. The number of nitrogens with one attached hydrogen (secondary N) is 3. The number of amides is 1. The maximum absolute atomic E-state index is 13.6. The van der Waals surface area contributed by atoms with E-state index in [0.29, 0.717) is 47.4 Å². The molecule has 0 radical (unpaired) electrons. The Hall–Kier alpha value is -4.73. The molecule has 5 rings (SSSR count). The van der Waals surface area contributed by atoms with Crippen LogP contribution in [0.15, 0.2) is 61.1 Å². The van der Waals surface area contributed by atoms with Gasteiger partial charge in [-0.05, 0) is 48.0 Å². The molecule has 4 heterocycles. The van der Waals surface area contributed by atoms with Gasteiger partial charge >= 0.3 is 0 Å². The summed E-state index contributed by atoms with van der Waals surface area (Å²) in [6.45, 7) is 0.790. The van der Waals surface area contributed by atoms with Gasteiger partial charge in [-0.1, -0.05) is 0 Å². The number of anilines is 1. The van der Waals surface area contributed by atoms with Crippen LogP contribution in [-0.4, -0.2) is 56.9 Å². The summed E-state index contributed by atoms with van der Waals surface area (Å²) in [6, 6.07) is 13.5. The highest BCUT2D eigenvalue weighted by molar-refractivity contribution is 5.79. The summed E-state index contributed by atoms with van der Waals surface area (Å²) < 4.78 is 25.1. The average molecular weight is 529 g/mol. The van der Waals surface area contributed by atoms with Crippen molar-refractivity contribution in [2.45, 2.75) is 19.3 Å². The molecule has 0 spiro atoms. The summed E-state index contributed by atoms with van der Waals surface area (Å²) in [5, 5.41) is 14.4. The molecule has 198 valence electrons. The quantitative estimate of drug-likeness (QED) is 0.279. The van der Waals surface area contributed by atoms with E-state index in [1.165, 1.54) is 12.1 Å². The van der Waals surface area contributed by atoms with Gasteiger partial charge in [-0.3, -0.25) is 9.78 Å². The number of nitrogens with zero attached hydrogens (tertiary/aromatic N) is 5. The van der Waals surface area contributed by atoms with Gasteiger partial charge in [0.05, 0.1) is 48.7 Å². The number of aromatic amines is 1. The molecule has 0 atom stereocenters. The van der Waals surface area contributed by atoms with E-state index in [1.807, 2.05) is 18.2 Å². The van der Waals surface area contributed by atoms with Crippen LogP contribution in [0.5, 0.6) is 0 Å². The highest BCUT2D eigenvalue weighted by atomic mass is 19.1. The van der Waals surface area contributed by atoms with Crippen molar-refractivity contribution in [3.05, 3.63) is 78.3 Å². The molecule has 0 saturated carbocycles. The molecule has 0 aliphatic carbocycles. The second-order valence-corrected chi connectivity index (χ2v) is 8.76. The van der Waals surface area contributed by atoms with Crippen LogP contribution in [-0.2, 0) is 27.2 Å². The van der Waals surface area contributed by atoms with E-state index in [9.17, 15) is 9.18 Å². The normalized spacial score (nSPS) is 16.8. The van der Waals surface area contributed by atoms with Crippen LogP contribution in [0.1, 0.15) is 11.4 Å². The lowest BCUT2D eigenvalue weighted by molar-refractivity contribution is -0.200. The van der Waals surface area contributed by atoms with Crippen molar-refractivity contribution < 1.29 is 18.7 Å². The predicted octanol–water partition coefficient (Wildman–Crippen LogP) is 2.85. The predicted molar refractivity (Wildman–Crippen MR) is 138 cm³/mol. The smallest absolute Gasteiger partial charge is 0.228 e. The zero-order chi connectivity index (χ0) is 27.0. The molecule has 3 N–H and O–H groups in total. The van der Waals surface area contributed by atoms with Crippen molar-refractivity contribution in [3.63, 3.8) is 0 Å². The lowest BCUT2D eigenvalue weighted by Gasteiger charge is -2.28. The molecule has 11 nitrogen and oxygen atoms in total. The highest BCUT2D eigenvalue weighted by Crippen LogP contribution is 2.30. The van der Waals surface area contributed by atoms with E-state index in [-0.39, 0.29) is 31.5 Å². The summed E-state index contributed by atoms with van der Waals surface area (Å²) in [4.78, 5) is 33.2. The Morgan fingerprint density at radius 1 is 1.08 bits per heavy atom. The third kappa shape index (κ3) is 6.59. The molecule has 1 amide bonds. The maximum atomic E-state index is 13.6. The largest absolute Gasteiger partial charge is 0.351 e. The number of carbonyl (C=O) groups excluding carboxylic acids is 1. The number of halogens is 1. The third-order valence-corrected chi connectivity index (χ3v) is 6.02. The minimum Gasteiger partial charge on any atom is -0.351 e. The average Bonchev–Trinajstić information content (AvgIpc) is 3.40. The molecule has 0 bridgehead atoms. The Morgan fingerprint density at radius 3 is 2.59 bits per heavy atom. The zero-order valence-corrected chi connectivity index (χ0v) is 20.8. The number of aromatic nitrogens is 5. The molecule has 39 heavy (non-hydrogen) atoms. The summed E-state index contributed by atoms with van der Waals surface area (Å²) in [5.41, 5.74) is 3.56. The highest BCUT2D eigenvalue weighted by Gasteiger charge is 2.28. The standard InChI is InChI=1S/C27H25FN8O3/c28-20-3-1-18(2-4-20)24-25(21-7-11-32-27(34-21)33-14-17-5-9-30-10-6-17)36-22(35-24)13-23-38-15-19(16-39-23)26(37)31-12-8-29/h1-7,9-11,19,23H,12-16H2,(H,31,37)(H,35,36)(H,32,33,34). The number of ether oxygens (including phenoxy) is 2. The van der Waals surface area contributed by atoms with Gasteiger partial charge in [-0.15, -0.1) is 0 Å². The zero-order valence-electron chi connectivity index (χ0n) is 20.8. The lowest BCUT2D eigenvalue weighted by Crippen LogP contribution is -2.42. The van der Waals surface area contributed by atoms with Gasteiger partial charge in [0, 0.05) is 30.7 Å². The number of hydrogen-bond acceptors (Lipinski definition) is 9. The van der Waals surface area contributed by atoms with Crippen LogP contribution in [0, 0.1) is 23.1 Å². The van der Waals surface area contributed by atoms with Crippen molar-refractivity contribution in [1.29, 1.82) is 5.26 Å². The number of H-pyrrole nitrogens is 1. The molecule has 4 aromatic rings. The number of carbonyl (C=O) groups is 1. The van der Waals surface area contributed by atoms with E-state index in [2.05, 4.69) is 30.6 Å². The third-order valence-electron chi connectivity index (χ3n) is 6.02. The summed E-state index contributed by atoms with van der Waals surface area (Å²) >= 11 is 0. The fourth-order valence-corrected chi connectivity index (χ4v) is 4.03. The first-order valence-electron chi connectivity index (χ1n) is 12.3. The fourth-order valence-electron chi connectivity index (χ4n) is 4.03. The van der Waals surface area contributed by atoms with Gasteiger partial charge in [0.15, 0.2) is 6.29 Å². The molecular weight excluding hydrogens is 503 g/mol. The number of hydrogen-bond donors (Lipinski definition) is 3. The first-order chi connectivity index (χ1) is 19.1. The van der Waals surface area contributed by atoms with Crippen LogP contribution >= 0.6 is 0 Å². The van der Waals surface area contributed by atoms with Crippen molar-refractivity contribution in [2.24, 2.45) is 5.92 Å². The summed E-state index contributed by atoms with van der Waals surface area (Å²) in [5.74, 6) is -0.114. The molecule has 1 fully saturated rings. The Morgan fingerprint density at radius 2 is 1.85 bits per heavy atom. The number of benzene rings is 1. The minimum atomic E-state index is -0.618. The molecule has 1 aliphatic heterocycles. The summed E-state index contributed by atoms with van der Waals surface area (Å²) in [6.07, 6.45) is 4.77. The Labute approximate surface area is 223 Å². The van der Waals surface area contributed by atoms with Gasteiger partial charge in [0.25, 0.3) is 0 Å². The number of nitriles is 1. The first-order valence-corrected chi connectivity index (χ1v) is 12.3. The molecule has 1 aliphatic rings. The van der Waals surface area contributed by atoms with Gasteiger partial charge in [0.2, 0.25) is 11.9 Å². The van der Waals surface area contributed by atoms with Gasteiger partial charge in [0.1, 0.15) is 18.2 Å². The Bertz CT molecular complexity index is 1450. The van der Waals surface area contributed by atoms with E-state index in [4.69, 9.17) is 19.7 Å². The van der Waals surface area contributed by atoms with Crippen LogP contribution in [0.4, 0.5) is 10.3 Å². The van der Waals surface area contributed by atoms with E-state index in [1.54, 1.807) is 36.8 Å². The topological polar surface area (TPSA) is 151 Å². The van der Waals surface area contributed by atoms with Gasteiger partial charge in [-0.2, -0.15) is 5.26 Å².